The number of carbonyl (C=O) groups is 2. The highest BCUT2D eigenvalue weighted by atomic mass is 16.4. The molecule has 0 saturated carbocycles. The Kier molecular flexibility index (Phi) is 2.85. The third kappa shape index (κ3) is 1.90. The quantitative estimate of drug-likeness (QED) is 0.739. The summed E-state index contributed by atoms with van der Waals surface area (Å²) in [4.78, 5) is 21.2. The summed E-state index contributed by atoms with van der Waals surface area (Å²) in [7, 11) is 0. The number of rotatable bonds is 4. The first-order valence-corrected chi connectivity index (χ1v) is 4.07. The van der Waals surface area contributed by atoms with Crippen molar-refractivity contribution in [2.45, 2.75) is 19.4 Å². The fourth-order valence-electron chi connectivity index (χ4n) is 1.10. The molecule has 2 N–H and O–H groups in total. The maximum atomic E-state index is 10.7. The van der Waals surface area contributed by atoms with E-state index >= 15 is 0 Å². The zero-order valence-corrected chi connectivity index (χ0v) is 7.54. The van der Waals surface area contributed by atoms with Gasteiger partial charge in [-0.05, 0) is 12.5 Å². The second-order valence-electron chi connectivity index (χ2n) is 2.75. The van der Waals surface area contributed by atoms with Gasteiger partial charge in [-0.2, -0.15) is 5.10 Å². The summed E-state index contributed by atoms with van der Waals surface area (Å²) in [5.41, 5.74) is -0.148. The molecule has 1 rings (SSSR count). The molecule has 0 radical (unpaired) electrons. The monoisotopic (exact) mass is 198 g/mol. The molecular weight excluding hydrogens is 188 g/mol. The Morgan fingerprint density at radius 3 is 2.57 bits per heavy atom. The van der Waals surface area contributed by atoms with E-state index in [2.05, 4.69) is 5.10 Å². The van der Waals surface area contributed by atoms with Gasteiger partial charge in [0, 0.05) is 6.20 Å². The van der Waals surface area contributed by atoms with E-state index in [9.17, 15) is 9.59 Å². The smallest absolute Gasteiger partial charge is 0.356 e. The molecule has 0 aliphatic carbocycles. The van der Waals surface area contributed by atoms with Crippen LogP contribution in [0.15, 0.2) is 12.3 Å². The predicted molar refractivity (Wildman–Crippen MR) is 46.2 cm³/mol. The van der Waals surface area contributed by atoms with E-state index < -0.39 is 18.0 Å². The van der Waals surface area contributed by atoms with Gasteiger partial charge < -0.3 is 10.2 Å². The van der Waals surface area contributed by atoms with Gasteiger partial charge in [0.25, 0.3) is 0 Å². The molecule has 1 atom stereocenters. The zero-order valence-electron chi connectivity index (χ0n) is 7.54. The molecule has 6 heteroatoms. The molecule has 1 heterocycles. The van der Waals surface area contributed by atoms with Crippen LogP contribution in [0.25, 0.3) is 0 Å². The van der Waals surface area contributed by atoms with Crippen molar-refractivity contribution in [2.75, 3.05) is 0 Å². The summed E-state index contributed by atoms with van der Waals surface area (Å²) in [5, 5.41) is 21.0. The molecule has 0 aliphatic rings. The van der Waals surface area contributed by atoms with Crippen LogP contribution in [0.2, 0.25) is 0 Å². The maximum absolute atomic E-state index is 10.7. The lowest BCUT2D eigenvalue weighted by Crippen LogP contribution is -2.19. The van der Waals surface area contributed by atoms with Gasteiger partial charge >= 0.3 is 11.9 Å². The Morgan fingerprint density at radius 1 is 1.57 bits per heavy atom. The Labute approximate surface area is 79.8 Å². The number of aliphatic carboxylic acids is 1. The number of carboxylic acids is 2. The number of hydrogen-bond donors (Lipinski definition) is 2. The standard InChI is InChI=1S/C8H10N2O4/c1-2-6(8(13)14)10-4-3-5(9-10)7(11)12/h3-4,6H,2H2,1H3,(H,11,12)(H,13,14)/t6-/m1/s1. The van der Waals surface area contributed by atoms with E-state index in [4.69, 9.17) is 10.2 Å². The lowest BCUT2D eigenvalue weighted by Gasteiger charge is -2.09. The highest BCUT2D eigenvalue weighted by Gasteiger charge is 2.19. The minimum absolute atomic E-state index is 0.148. The summed E-state index contributed by atoms with van der Waals surface area (Å²) in [6, 6.07) is 0.469. The van der Waals surface area contributed by atoms with Gasteiger partial charge in [0.2, 0.25) is 0 Å². The third-order valence-corrected chi connectivity index (χ3v) is 1.82. The second-order valence-corrected chi connectivity index (χ2v) is 2.75. The largest absolute Gasteiger partial charge is 0.480 e. The molecule has 0 amide bonds. The zero-order chi connectivity index (χ0) is 10.7. The molecule has 0 saturated heterocycles. The van der Waals surface area contributed by atoms with Crippen LogP contribution in [0.4, 0.5) is 0 Å². The van der Waals surface area contributed by atoms with Crippen LogP contribution in [0.3, 0.4) is 0 Å². The van der Waals surface area contributed by atoms with E-state index in [-0.39, 0.29) is 5.69 Å². The predicted octanol–water partition coefficient (Wildman–Crippen LogP) is 0.617. The molecule has 1 aromatic heterocycles. The SMILES string of the molecule is CC[C@H](C(=O)O)n1ccc(C(=O)O)n1. The lowest BCUT2D eigenvalue weighted by atomic mass is 10.2. The van der Waals surface area contributed by atoms with Crippen LogP contribution in [0, 0.1) is 0 Å². The average Bonchev–Trinajstić information content (AvgIpc) is 2.53. The molecule has 6 nitrogen and oxygen atoms in total. The average molecular weight is 198 g/mol. The Balaban J connectivity index is 2.95. The van der Waals surface area contributed by atoms with Gasteiger partial charge in [-0.15, -0.1) is 0 Å². The molecule has 0 aliphatic heterocycles. The van der Waals surface area contributed by atoms with E-state index in [1.165, 1.54) is 12.3 Å². The van der Waals surface area contributed by atoms with Crippen molar-refractivity contribution < 1.29 is 19.8 Å². The summed E-state index contributed by atoms with van der Waals surface area (Å²) in [6.07, 6.45) is 1.71. The fourth-order valence-corrected chi connectivity index (χ4v) is 1.10. The molecule has 1 aromatic rings. The highest BCUT2D eigenvalue weighted by molar-refractivity contribution is 5.85. The van der Waals surface area contributed by atoms with Gasteiger partial charge in [-0.1, -0.05) is 6.92 Å². The van der Waals surface area contributed by atoms with Crippen LogP contribution in [0.1, 0.15) is 29.9 Å². The first-order chi connectivity index (χ1) is 6.56. The van der Waals surface area contributed by atoms with Crippen molar-refractivity contribution in [3.63, 3.8) is 0 Å². The van der Waals surface area contributed by atoms with Crippen molar-refractivity contribution in [3.8, 4) is 0 Å². The van der Waals surface area contributed by atoms with E-state index in [1.807, 2.05) is 0 Å². The summed E-state index contributed by atoms with van der Waals surface area (Å²) in [6.45, 7) is 1.70. The van der Waals surface area contributed by atoms with Crippen LogP contribution in [-0.4, -0.2) is 31.9 Å². The summed E-state index contributed by atoms with van der Waals surface area (Å²) < 4.78 is 1.14. The van der Waals surface area contributed by atoms with Crippen molar-refractivity contribution in [2.24, 2.45) is 0 Å². The van der Waals surface area contributed by atoms with Crippen LogP contribution in [0.5, 0.6) is 0 Å². The summed E-state index contributed by atoms with van der Waals surface area (Å²) in [5.74, 6) is -2.18. The second kappa shape index (κ2) is 3.91. The molecule has 14 heavy (non-hydrogen) atoms. The van der Waals surface area contributed by atoms with E-state index in [1.54, 1.807) is 6.92 Å². The number of aromatic carboxylic acids is 1. The van der Waals surface area contributed by atoms with Crippen molar-refractivity contribution in [1.29, 1.82) is 0 Å². The lowest BCUT2D eigenvalue weighted by molar-refractivity contribution is -0.141. The highest BCUT2D eigenvalue weighted by Crippen LogP contribution is 2.10. The van der Waals surface area contributed by atoms with Gasteiger partial charge in [0.05, 0.1) is 0 Å². The Morgan fingerprint density at radius 2 is 2.21 bits per heavy atom. The van der Waals surface area contributed by atoms with E-state index in [0.29, 0.717) is 6.42 Å². The van der Waals surface area contributed by atoms with Gasteiger partial charge in [0.15, 0.2) is 5.69 Å². The Bertz CT molecular complexity index is 358. The molecule has 0 bridgehead atoms. The molecule has 0 unspecified atom stereocenters. The first kappa shape index (κ1) is 10.2. The number of aromatic nitrogens is 2. The summed E-state index contributed by atoms with van der Waals surface area (Å²) >= 11 is 0. The normalized spacial score (nSPS) is 12.4. The third-order valence-electron chi connectivity index (χ3n) is 1.82. The number of hydrogen-bond acceptors (Lipinski definition) is 3. The van der Waals surface area contributed by atoms with Crippen molar-refractivity contribution in [1.82, 2.24) is 9.78 Å². The van der Waals surface area contributed by atoms with Gasteiger partial charge in [-0.3, -0.25) is 4.68 Å². The fraction of sp³-hybridized carbons (Fsp3) is 0.375. The first-order valence-electron chi connectivity index (χ1n) is 4.07. The minimum atomic E-state index is -1.16. The minimum Gasteiger partial charge on any atom is -0.480 e. The molecule has 0 fully saturated rings. The number of nitrogens with zero attached hydrogens (tertiary/aromatic N) is 2. The van der Waals surface area contributed by atoms with E-state index in [0.717, 1.165) is 4.68 Å². The van der Waals surface area contributed by atoms with Gasteiger partial charge in [-0.25, -0.2) is 9.59 Å². The Hall–Kier alpha value is -1.85. The van der Waals surface area contributed by atoms with Crippen LogP contribution >= 0.6 is 0 Å². The van der Waals surface area contributed by atoms with Gasteiger partial charge in [0.1, 0.15) is 6.04 Å². The number of carboxylic acid groups (broad SMARTS) is 2. The topological polar surface area (TPSA) is 92.4 Å². The molecule has 0 aromatic carbocycles. The molecule has 0 spiro atoms. The van der Waals surface area contributed by atoms with Crippen molar-refractivity contribution >= 4 is 11.9 Å². The molecular formula is C8H10N2O4. The maximum Gasteiger partial charge on any atom is 0.356 e. The van der Waals surface area contributed by atoms with Crippen molar-refractivity contribution in [3.05, 3.63) is 18.0 Å². The van der Waals surface area contributed by atoms with Crippen LogP contribution in [-0.2, 0) is 4.79 Å². The molecule has 76 valence electrons. The van der Waals surface area contributed by atoms with Crippen LogP contribution < -0.4 is 0 Å².